The van der Waals surface area contributed by atoms with E-state index in [1.807, 2.05) is 37.3 Å². The first-order valence-electron chi connectivity index (χ1n) is 6.26. The molecule has 3 aromatic rings. The zero-order chi connectivity index (χ0) is 13.9. The molecule has 0 aliphatic carbocycles. The van der Waals surface area contributed by atoms with Crippen molar-refractivity contribution >= 4 is 22.5 Å². The largest absolute Gasteiger partial charge is 0.325 e. The van der Waals surface area contributed by atoms with Gasteiger partial charge in [0.1, 0.15) is 17.7 Å². The summed E-state index contributed by atoms with van der Waals surface area (Å²) in [5.74, 6) is 1.45. The summed E-state index contributed by atoms with van der Waals surface area (Å²) in [5.41, 5.74) is 2.53. The molecule has 1 aromatic carbocycles. The Morgan fingerprint density at radius 3 is 2.75 bits per heavy atom. The molecule has 0 atom stereocenters. The van der Waals surface area contributed by atoms with Crippen molar-refractivity contribution in [2.45, 2.75) is 6.92 Å². The molecule has 0 saturated carbocycles. The highest BCUT2D eigenvalue weighted by Crippen LogP contribution is 2.22. The second-order valence-electron chi connectivity index (χ2n) is 4.52. The van der Waals surface area contributed by atoms with Gasteiger partial charge in [0, 0.05) is 11.6 Å². The second kappa shape index (κ2) is 4.98. The third kappa shape index (κ3) is 2.29. The molecule has 1 N–H and O–H groups in total. The van der Waals surface area contributed by atoms with Gasteiger partial charge in [-0.05, 0) is 36.8 Å². The highest BCUT2D eigenvalue weighted by atomic mass is 15.1. The number of pyridine rings is 2. The Bertz CT molecular complexity index is 801. The molecule has 3 rings (SSSR count). The van der Waals surface area contributed by atoms with E-state index >= 15 is 0 Å². The molecular weight excluding hydrogens is 248 g/mol. The van der Waals surface area contributed by atoms with Crippen molar-refractivity contribution in [3.05, 3.63) is 59.8 Å². The summed E-state index contributed by atoms with van der Waals surface area (Å²) in [7, 11) is 0. The van der Waals surface area contributed by atoms with Gasteiger partial charge in [-0.2, -0.15) is 5.26 Å². The minimum absolute atomic E-state index is 0.541. The first-order valence-corrected chi connectivity index (χ1v) is 6.26. The number of nitrogens with one attached hydrogen (secondary N) is 1. The molecule has 0 radical (unpaired) electrons. The van der Waals surface area contributed by atoms with E-state index in [-0.39, 0.29) is 0 Å². The van der Waals surface area contributed by atoms with Crippen LogP contribution in [0, 0.1) is 18.3 Å². The van der Waals surface area contributed by atoms with Gasteiger partial charge < -0.3 is 5.32 Å². The van der Waals surface area contributed by atoms with E-state index < -0.39 is 0 Å². The van der Waals surface area contributed by atoms with Crippen molar-refractivity contribution in [3.8, 4) is 6.07 Å². The molecule has 96 valence electrons. The lowest BCUT2D eigenvalue weighted by Crippen LogP contribution is -1.99. The Morgan fingerprint density at radius 2 is 2.00 bits per heavy atom. The van der Waals surface area contributed by atoms with Crippen LogP contribution in [0.5, 0.6) is 0 Å². The maximum Gasteiger partial charge on any atom is 0.135 e. The highest BCUT2D eigenvalue weighted by molar-refractivity contribution is 5.82. The monoisotopic (exact) mass is 260 g/mol. The molecule has 20 heavy (non-hydrogen) atoms. The molecule has 2 aromatic heterocycles. The molecule has 0 fully saturated rings. The minimum atomic E-state index is 0.541. The fourth-order valence-corrected chi connectivity index (χ4v) is 2.00. The normalized spacial score (nSPS) is 10.2. The standard InChI is InChI=1S/C16H12N4/c1-11-8-13-4-2-3-5-14(13)19-16(11)20-15-7-6-12(9-17)10-18-15/h2-8,10H,1H3,(H,18,19,20). The molecule has 0 amide bonds. The Labute approximate surface area is 116 Å². The van der Waals surface area contributed by atoms with Crippen LogP contribution in [0.15, 0.2) is 48.7 Å². The number of nitriles is 1. The summed E-state index contributed by atoms with van der Waals surface area (Å²) in [6.45, 7) is 2.01. The van der Waals surface area contributed by atoms with Gasteiger partial charge in [0.2, 0.25) is 0 Å². The van der Waals surface area contributed by atoms with Crippen molar-refractivity contribution in [1.82, 2.24) is 9.97 Å². The molecular formula is C16H12N4. The number of rotatable bonds is 2. The van der Waals surface area contributed by atoms with Crippen LogP contribution in [-0.4, -0.2) is 9.97 Å². The number of benzene rings is 1. The zero-order valence-corrected chi connectivity index (χ0v) is 11.0. The average Bonchev–Trinajstić information content (AvgIpc) is 2.49. The summed E-state index contributed by atoms with van der Waals surface area (Å²) < 4.78 is 0. The van der Waals surface area contributed by atoms with E-state index in [9.17, 15) is 0 Å². The van der Waals surface area contributed by atoms with Gasteiger partial charge in [-0.1, -0.05) is 18.2 Å². The predicted molar refractivity (Wildman–Crippen MR) is 78.7 cm³/mol. The van der Waals surface area contributed by atoms with Gasteiger partial charge in [0.25, 0.3) is 0 Å². The van der Waals surface area contributed by atoms with Crippen LogP contribution in [0.3, 0.4) is 0 Å². The molecule has 4 nitrogen and oxygen atoms in total. The number of para-hydroxylation sites is 1. The lowest BCUT2D eigenvalue weighted by atomic mass is 10.1. The van der Waals surface area contributed by atoms with Crippen molar-refractivity contribution in [2.24, 2.45) is 0 Å². The van der Waals surface area contributed by atoms with Crippen molar-refractivity contribution in [2.75, 3.05) is 5.32 Å². The molecule has 4 heteroatoms. The molecule has 0 aliphatic heterocycles. The fraction of sp³-hybridized carbons (Fsp3) is 0.0625. The number of anilines is 2. The molecule has 0 spiro atoms. The van der Waals surface area contributed by atoms with Gasteiger partial charge in [0.05, 0.1) is 11.1 Å². The van der Waals surface area contributed by atoms with Crippen LogP contribution >= 0.6 is 0 Å². The quantitative estimate of drug-likeness (QED) is 0.765. The Balaban J connectivity index is 1.97. The summed E-state index contributed by atoms with van der Waals surface area (Å²) in [4.78, 5) is 8.79. The minimum Gasteiger partial charge on any atom is -0.325 e. The number of aryl methyl sites for hydroxylation is 1. The first-order chi connectivity index (χ1) is 9.76. The van der Waals surface area contributed by atoms with Gasteiger partial charge >= 0.3 is 0 Å². The van der Waals surface area contributed by atoms with Crippen LogP contribution in [-0.2, 0) is 0 Å². The molecule has 0 aliphatic rings. The summed E-state index contributed by atoms with van der Waals surface area (Å²) in [6.07, 6.45) is 1.54. The van der Waals surface area contributed by atoms with E-state index in [0.29, 0.717) is 11.4 Å². The van der Waals surface area contributed by atoms with Crippen molar-refractivity contribution < 1.29 is 0 Å². The van der Waals surface area contributed by atoms with Gasteiger partial charge in [-0.25, -0.2) is 9.97 Å². The third-order valence-electron chi connectivity index (χ3n) is 3.05. The van der Waals surface area contributed by atoms with E-state index in [0.717, 1.165) is 22.3 Å². The number of aromatic nitrogens is 2. The number of nitrogens with zero attached hydrogens (tertiary/aromatic N) is 3. The van der Waals surface area contributed by atoms with Gasteiger partial charge in [-0.3, -0.25) is 0 Å². The average molecular weight is 260 g/mol. The Kier molecular flexibility index (Phi) is 3.02. The summed E-state index contributed by atoms with van der Waals surface area (Å²) in [6, 6.07) is 15.6. The Morgan fingerprint density at radius 1 is 1.15 bits per heavy atom. The Hall–Kier alpha value is -2.93. The predicted octanol–water partition coefficient (Wildman–Crippen LogP) is 3.55. The fourth-order valence-electron chi connectivity index (χ4n) is 2.00. The smallest absolute Gasteiger partial charge is 0.135 e. The lowest BCUT2D eigenvalue weighted by molar-refractivity contribution is 1.24. The van der Waals surface area contributed by atoms with E-state index in [1.54, 1.807) is 18.3 Å². The number of hydrogen-bond donors (Lipinski definition) is 1. The first kappa shape index (κ1) is 12.1. The zero-order valence-electron chi connectivity index (χ0n) is 11.0. The molecule has 0 unspecified atom stereocenters. The summed E-state index contributed by atoms with van der Waals surface area (Å²) >= 11 is 0. The topological polar surface area (TPSA) is 61.6 Å². The van der Waals surface area contributed by atoms with Gasteiger partial charge in [0.15, 0.2) is 0 Å². The maximum absolute atomic E-state index is 8.76. The van der Waals surface area contributed by atoms with E-state index in [4.69, 9.17) is 5.26 Å². The van der Waals surface area contributed by atoms with Crippen LogP contribution in [0.2, 0.25) is 0 Å². The SMILES string of the molecule is Cc1cc2ccccc2nc1Nc1ccc(C#N)cn1. The van der Waals surface area contributed by atoms with Crippen LogP contribution in [0.4, 0.5) is 11.6 Å². The number of fused-ring (bicyclic) bond motifs is 1. The van der Waals surface area contributed by atoms with Gasteiger partial charge in [-0.15, -0.1) is 0 Å². The van der Waals surface area contributed by atoms with Crippen molar-refractivity contribution in [1.29, 1.82) is 5.26 Å². The summed E-state index contributed by atoms with van der Waals surface area (Å²) in [5, 5.41) is 13.1. The van der Waals surface area contributed by atoms with Crippen LogP contribution in [0.1, 0.15) is 11.1 Å². The van der Waals surface area contributed by atoms with E-state index in [1.165, 1.54) is 0 Å². The lowest BCUT2D eigenvalue weighted by Gasteiger charge is -2.09. The maximum atomic E-state index is 8.76. The van der Waals surface area contributed by atoms with Crippen LogP contribution in [0.25, 0.3) is 10.9 Å². The second-order valence-corrected chi connectivity index (χ2v) is 4.52. The van der Waals surface area contributed by atoms with Crippen molar-refractivity contribution in [3.63, 3.8) is 0 Å². The third-order valence-corrected chi connectivity index (χ3v) is 3.05. The molecule has 0 bridgehead atoms. The number of hydrogen-bond acceptors (Lipinski definition) is 4. The van der Waals surface area contributed by atoms with Crippen LogP contribution < -0.4 is 5.32 Å². The molecule has 0 saturated heterocycles. The highest BCUT2D eigenvalue weighted by Gasteiger charge is 2.04. The molecule has 2 heterocycles. The van der Waals surface area contributed by atoms with E-state index in [2.05, 4.69) is 21.4 Å².